The van der Waals surface area contributed by atoms with E-state index in [2.05, 4.69) is 15.0 Å². The average Bonchev–Trinajstić information content (AvgIpc) is 2.98. The van der Waals surface area contributed by atoms with E-state index in [1.165, 1.54) is 6.26 Å². The van der Waals surface area contributed by atoms with Crippen LogP contribution in [-0.4, -0.2) is 65.3 Å². The average molecular weight is 338 g/mol. The van der Waals surface area contributed by atoms with Gasteiger partial charge in [0.15, 0.2) is 5.82 Å². The second kappa shape index (κ2) is 7.65. The number of amides is 2. The van der Waals surface area contributed by atoms with Crippen LogP contribution in [0.2, 0.25) is 0 Å². The molecule has 0 saturated carbocycles. The van der Waals surface area contributed by atoms with Gasteiger partial charge < -0.3 is 14.2 Å². The molecule has 0 unspecified atom stereocenters. The normalized spacial score (nSPS) is 16.3. The highest BCUT2D eigenvalue weighted by molar-refractivity contribution is 5.88. The van der Waals surface area contributed by atoms with Crippen LogP contribution in [0.4, 0.5) is 10.6 Å². The standard InChI is InChI=1S/C16H26N4O4/c1-16(2,3)24-14(21)11-19(4)12-5-8-20(9-6-12)15(22)17-13-7-10-23-18-13/h7,10,12H,5-6,8-9,11H2,1-4H3,(H,17,18,22). The highest BCUT2D eigenvalue weighted by atomic mass is 16.6. The summed E-state index contributed by atoms with van der Waals surface area (Å²) in [6.45, 7) is 7.09. The lowest BCUT2D eigenvalue weighted by atomic mass is 10.0. The van der Waals surface area contributed by atoms with Gasteiger partial charge in [0.25, 0.3) is 0 Å². The first-order valence-electron chi connectivity index (χ1n) is 8.13. The quantitative estimate of drug-likeness (QED) is 0.844. The number of carbonyl (C=O) groups is 2. The summed E-state index contributed by atoms with van der Waals surface area (Å²) in [4.78, 5) is 27.8. The monoisotopic (exact) mass is 338 g/mol. The number of urea groups is 1. The van der Waals surface area contributed by atoms with Gasteiger partial charge in [0, 0.05) is 25.2 Å². The molecule has 0 aromatic carbocycles. The lowest BCUT2D eigenvalue weighted by Crippen LogP contribution is -2.48. The number of esters is 1. The lowest BCUT2D eigenvalue weighted by molar-refractivity contribution is -0.156. The molecule has 134 valence electrons. The molecule has 1 N–H and O–H groups in total. The topological polar surface area (TPSA) is 87.9 Å². The third kappa shape index (κ3) is 5.52. The maximum Gasteiger partial charge on any atom is 0.323 e. The molecule has 1 aliphatic rings. The lowest BCUT2D eigenvalue weighted by Gasteiger charge is -2.36. The van der Waals surface area contributed by atoms with E-state index in [4.69, 9.17) is 4.74 Å². The molecule has 0 aliphatic carbocycles. The van der Waals surface area contributed by atoms with Crippen LogP contribution >= 0.6 is 0 Å². The number of anilines is 1. The van der Waals surface area contributed by atoms with Gasteiger partial charge in [0.1, 0.15) is 11.9 Å². The predicted molar refractivity (Wildman–Crippen MR) is 88.6 cm³/mol. The first-order valence-corrected chi connectivity index (χ1v) is 8.13. The Balaban J connectivity index is 1.75. The Kier molecular flexibility index (Phi) is 5.82. The van der Waals surface area contributed by atoms with Crippen LogP contribution in [0, 0.1) is 0 Å². The SMILES string of the molecule is CN(CC(=O)OC(C)(C)C)C1CCN(C(=O)Nc2ccon2)CC1. The van der Waals surface area contributed by atoms with Crippen molar-refractivity contribution in [2.45, 2.75) is 45.3 Å². The zero-order valence-electron chi connectivity index (χ0n) is 14.7. The summed E-state index contributed by atoms with van der Waals surface area (Å²) in [7, 11) is 1.92. The summed E-state index contributed by atoms with van der Waals surface area (Å²) in [5.74, 6) is 0.181. The van der Waals surface area contributed by atoms with Gasteiger partial charge in [-0.15, -0.1) is 0 Å². The first kappa shape index (κ1) is 18.3. The molecule has 0 bridgehead atoms. The highest BCUT2D eigenvalue weighted by Crippen LogP contribution is 2.17. The van der Waals surface area contributed by atoms with Gasteiger partial charge in [-0.05, 0) is 40.7 Å². The van der Waals surface area contributed by atoms with Gasteiger partial charge >= 0.3 is 12.0 Å². The Hall–Kier alpha value is -2.09. The second-order valence-electron chi connectivity index (χ2n) is 7.03. The highest BCUT2D eigenvalue weighted by Gasteiger charge is 2.27. The Morgan fingerprint density at radius 1 is 1.42 bits per heavy atom. The van der Waals surface area contributed by atoms with Crippen LogP contribution in [0.3, 0.4) is 0 Å². The molecule has 8 heteroatoms. The molecule has 8 nitrogen and oxygen atoms in total. The summed E-state index contributed by atoms with van der Waals surface area (Å²) < 4.78 is 10.0. The van der Waals surface area contributed by atoms with E-state index in [1.807, 2.05) is 32.7 Å². The second-order valence-corrected chi connectivity index (χ2v) is 7.03. The summed E-state index contributed by atoms with van der Waals surface area (Å²) in [5, 5.41) is 6.35. The van der Waals surface area contributed by atoms with Gasteiger partial charge in [-0.25, -0.2) is 4.79 Å². The zero-order valence-corrected chi connectivity index (χ0v) is 14.7. The van der Waals surface area contributed by atoms with Crippen molar-refractivity contribution in [2.75, 3.05) is 32.0 Å². The largest absolute Gasteiger partial charge is 0.459 e. The van der Waals surface area contributed by atoms with Crippen LogP contribution in [0.5, 0.6) is 0 Å². The third-order valence-electron chi connectivity index (χ3n) is 3.85. The minimum atomic E-state index is -0.472. The van der Waals surface area contributed by atoms with Gasteiger partial charge in [-0.3, -0.25) is 15.0 Å². The van der Waals surface area contributed by atoms with E-state index in [0.717, 1.165) is 12.8 Å². The zero-order chi connectivity index (χ0) is 17.7. The van der Waals surface area contributed by atoms with Crippen LogP contribution in [-0.2, 0) is 9.53 Å². The van der Waals surface area contributed by atoms with Crippen molar-refractivity contribution in [1.82, 2.24) is 15.0 Å². The number of carbonyl (C=O) groups excluding carboxylic acids is 2. The fourth-order valence-corrected chi connectivity index (χ4v) is 2.68. The molecular weight excluding hydrogens is 312 g/mol. The molecule has 1 saturated heterocycles. The minimum absolute atomic E-state index is 0.183. The number of rotatable bonds is 4. The summed E-state index contributed by atoms with van der Waals surface area (Å²) in [6.07, 6.45) is 3.03. The molecular formula is C16H26N4O4. The fraction of sp³-hybridized carbons (Fsp3) is 0.688. The maximum absolute atomic E-state index is 12.1. The fourth-order valence-electron chi connectivity index (χ4n) is 2.68. The number of nitrogens with one attached hydrogen (secondary N) is 1. The van der Waals surface area contributed by atoms with Crippen molar-refractivity contribution in [3.05, 3.63) is 12.3 Å². The van der Waals surface area contributed by atoms with E-state index in [1.54, 1.807) is 11.0 Å². The van der Waals surface area contributed by atoms with Gasteiger partial charge in [0.2, 0.25) is 0 Å². The Bertz CT molecular complexity index is 545. The van der Waals surface area contributed by atoms with Gasteiger partial charge in [0.05, 0.1) is 6.54 Å². The number of nitrogens with zero attached hydrogens (tertiary/aromatic N) is 3. The van der Waals surface area contributed by atoms with Gasteiger partial charge in [-0.2, -0.15) is 0 Å². The number of aromatic nitrogens is 1. The molecule has 2 rings (SSSR count). The summed E-state index contributed by atoms with van der Waals surface area (Å²) in [5.41, 5.74) is -0.472. The summed E-state index contributed by atoms with van der Waals surface area (Å²) in [6, 6.07) is 1.67. The van der Waals surface area contributed by atoms with Crippen molar-refractivity contribution in [2.24, 2.45) is 0 Å². The molecule has 0 atom stereocenters. The number of likely N-dealkylation sites (N-methyl/N-ethyl adjacent to an activating group) is 1. The Morgan fingerprint density at radius 3 is 2.62 bits per heavy atom. The number of piperidine rings is 1. The Morgan fingerprint density at radius 2 is 2.08 bits per heavy atom. The molecule has 1 aromatic heterocycles. The molecule has 1 fully saturated rings. The van der Waals surface area contributed by atoms with Crippen LogP contribution in [0.25, 0.3) is 0 Å². The molecule has 2 heterocycles. The van der Waals surface area contributed by atoms with E-state index < -0.39 is 5.60 Å². The molecule has 2 amide bonds. The van der Waals surface area contributed by atoms with Crippen LogP contribution in [0.15, 0.2) is 16.9 Å². The molecule has 24 heavy (non-hydrogen) atoms. The summed E-state index contributed by atoms with van der Waals surface area (Å²) >= 11 is 0. The van der Waals surface area contributed by atoms with E-state index in [9.17, 15) is 9.59 Å². The maximum atomic E-state index is 12.1. The molecule has 0 spiro atoms. The predicted octanol–water partition coefficient (Wildman–Crippen LogP) is 1.94. The van der Waals surface area contributed by atoms with Crippen molar-refractivity contribution in [1.29, 1.82) is 0 Å². The number of hydrogen-bond acceptors (Lipinski definition) is 6. The Labute approximate surface area is 142 Å². The molecule has 0 radical (unpaired) electrons. The number of likely N-dealkylation sites (tertiary alicyclic amines) is 1. The van der Waals surface area contributed by atoms with Crippen molar-refractivity contribution >= 4 is 17.8 Å². The minimum Gasteiger partial charge on any atom is -0.459 e. The van der Waals surface area contributed by atoms with E-state index in [-0.39, 0.29) is 24.6 Å². The first-order chi connectivity index (χ1) is 11.2. The third-order valence-corrected chi connectivity index (χ3v) is 3.85. The van der Waals surface area contributed by atoms with Crippen molar-refractivity contribution < 1.29 is 18.8 Å². The van der Waals surface area contributed by atoms with Crippen LogP contribution < -0.4 is 5.32 Å². The smallest absolute Gasteiger partial charge is 0.323 e. The van der Waals surface area contributed by atoms with Gasteiger partial charge in [-0.1, -0.05) is 5.16 Å². The number of ether oxygens (including phenoxy) is 1. The van der Waals surface area contributed by atoms with E-state index >= 15 is 0 Å². The van der Waals surface area contributed by atoms with Crippen molar-refractivity contribution in [3.8, 4) is 0 Å². The number of hydrogen-bond donors (Lipinski definition) is 1. The molecule has 1 aliphatic heterocycles. The van der Waals surface area contributed by atoms with Crippen molar-refractivity contribution in [3.63, 3.8) is 0 Å². The van der Waals surface area contributed by atoms with Crippen LogP contribution in [0.1, 0.15) is 33.6 Å². The van der Waals surface area contributed by atoms with E-state index in [0.29, 0.717) is 18.9 Å². The molecule has 1 aromatic rings.